The number of aromatic nitrogens is 4. The molecule has 0 atom stereocenters. The standard InChI is InChI=1S/C13H18N4OS/c1-4-5-11-13(19-16-14-11)12(18)8-10-6-7-17(15-10)9(2)3/h6-7,9H,4-5,8H2,1-3H3. The van der Waals surface area contributed by atoms with Gasteiger partial charge in [-0.2, -0.15) is 5.10 Å². The molecule has 0 amide bonds. The van der Waals surface area contributed by atoms with E-state index in [2.05, 4.69) is 35.5 Å². The van der Waals surface area contributed by atoms with Crippen LogP contribution in [0.1, 0.15) is 54.3 Å². The Morgan fingerprint density at radius 1 is 1.47 bits per heavy atom. The van der Waals surface area contributed by atoms with Crippen molar-refractivity contribution in [3.05, 3.63) is 28.5 Å². The third-order valence-corrected chi connectivity index (χ3v) is 3.64. The number of hydrogen-bond donors (Lipinski definition) is 0. The fourth-order valence-corrected chi connectivity index (χ4v) is 2.47. The van der Waals surface area contributed by atoms with Crippen LogP contribution >= 0.6 is 11.5 Å². The minimum absolute atomic E-state index is 0.0625. The molecule has 0 saturated heterocycles. The second kappa shape index (κ2) is 6.06. The van der Waals surface area contributed by atoms with Gasteiger partial charge in [0, 0.05) is 12.2 Å². The monoisotopic (exact) mass is 278 g/mol. The number of aryl methyl sites for hydroxylation is 1. The molecule has 6 heteroatoms. The lowest BCUT2D eigenvalue weighted by Gasteiger charge is -2.03. The van der Waals surface area contributed by atoms with Crippen LogP contribution in [0.3, 0.4) is 0 Å². The van der Waals surface area contributed by atoms with Gasteiger partial charge in [0.05, 0.1) is 17.8 Å². The second-order valence-corrected chi connectivity index (χ2v) is 5.53. The van der Waals surface area contributed by atoms with Crippen LogP contribution in [0.4, 0.5) is 0 Å². The van der Waals surface area contributed by atoms with Gasteiger partial charge in [0.25, 0.3) is 0 Å². The molecule has 0 aliphatic heterocycles. The molecule has 0 saturated carbocycles. The van der Waals surface area contributed by atoms with Gasteiger partial charge in [0.15, 0.2) is 5.78 Å². The minimum atomic E-state index is 0.0625. The smallest absolute Gasteiger partial charge is 0.182 e. The van der Waals surface area contributed by atoms with Gasteiger partial charge >= 0.3 is 0 Å². The second-order valence-electron chi connectivity index (χ2n) is 4.78. The van der Waals surface area contributed by atoms with Gasteiger partial charge < -0.3 is 0 Å². The molecule has 5 nitrogen and oxygen atoms in total. The predicted molar refractivity (Wildman–Crippen MR) is 74.6 cm³/mol. The van der Waals surface area contributed by atoms with E-state index in [1.807, 2.05) is 16.9 Å². The van der Waals surface area contributed by atoms with Crippen LogP contribution in [0.5, 0.6) is 0 Å². The van der Waals surface area contributed by atoms with Crippen molar-refractivity contribution in [3.8, 4) is 0 Å². The van der Waals surface area contributed by atoms with E-state index in [9.17, 15) is 4.79 Å². The van der Waals surface area contributed by atoms with Crippen molar-refractivity contribution in [2.45, 2.75) is 46.1 Å². The molecular weight excluding hydrogens is 260 g/mol. The molecule has 0 aliphatic rings. The van der Waals surface area contributed by atoms with Crippen molar-refractivity contribution in [2.24, 2.45) is 0 Å². The molecule has 0 bridgehead atoms. The number of rotatable bonds is 6. The van der Waals surface area contributed by atoms with E-state index in [1.54, 1.807) is 0 Å². The molecule has 102 valence electrons. The van der Waals surface area contributed by atoms with Crippen LogP contribution in [-0.2, 0) is 12.8 Å². The van der Waals surface area contributed by atoms with E-state index in [4.69, 9.17) is 0 Å². The summed E-state index contributed by atoms with van der Waals surface area (Å²) in [4.78, 5) is 12.9. The molecule has 2 aromatic heterocycles. The van der Waals surface area contributed by atoms with Crippen LogP contribution in [-0.4, -0.2) is 25.2 Å². The van der Waals surface area contributed by atoms with Crippen molar-refractivity contribution in [1.29, 1.82) is 0 Å². The average Bonchev–Trinajstić information content (AvgIpc) is 2.98. The highest BCUT2D eigenvalue weighted by Crippen LogP contribution is 2.16. The van der Waals surface area contributed by atoms with Crippen molar-refractivity contribution in [1.82, 2.24) is 19.4 Å². The molecular formula is C13H18N4OS. The Bertz CT molecular complexity index is 558. The van der Waals surface area contributed by atoms with Crippen LogP contribution in [0.15, 0.2) is 12.3 Å². The lowest BCUT2D eigenvalue weighted by molar-refractivity contribution is 0.0994. The van der Waals surface area contributed by atoms with Crippen LogP contribution in [0, 0.1) is 0 Å². The summed E-state index contributed by atoms with van der Waals surface area (Å²) in [5, 5.41) is 8.42. The molecule has 2 heterocycles. The summed E-state index contributed by atoms with van der Waals surface area (Å²) in [7, 11) is 0. The molecule has 0 fully saturated rings. The topological polar surface area (TPSA) is 60.7 Å². The first kappa shape index (κ1) is 13.9. The number of Topliss-reactive ketones (excluding diaryl/α,β-unsaturated/α-hetero) is 1. The molecule has 0 N–H and O–H groups in total. The molecule has 0 aliphatic carbocycles. The van der Waals surface area contributed by atoms with E-state index < -0.39 is 0 Å². The maximum atomic E-state index is 12.2. The zero-order chi connectivity index (χ0) is 13.8. The van der Waals surface area contributed by atoms with Gasteiger partial charge in [-0.3, -0.25) is 9.48 Å². The summed E-state index contributed by atoms with van der Waals surface area (Å²) in [6, 6.07) is 2.20. The zero-order valence-electron chi connectivity index (χ0n) is 11.5. The third-order valence-electron chi connectivity index (χ3n) is 2.83. The van der Waals surface area contributed by atoms with Crippen LogP contribution in [0.25, 0.3) is 0 Å². The molecule has 2 rings (SSSR count). The van der Waals surface area contributed by atoms with Gasteiger partial charge in [-0.15, -0.1) is 5.10 Å². The SMILES string of the molecule is CCCc1nnsc1C(=O)Cc1ccn(C(C)C)n1. The maximum absolute atomic E-state index is 12.2. The fourth-order valence-electron chi connectivity index (χ4n) is 1.82. The predicted octanol–water partition coefficient (Wildman–Crippen LogP) is 2.69. The molecule has 2 aromatic rings. The lowest BCUT2D eigenvalue weighted by Crippen LogP contribution is -2.07. The molecule has 0 aromatic carbocycles. The highest BCUT2D eigenvalue weighted by Gasteiger charge is 2.17. The normalized spacial score (nSPS) is 11.2. The number of hydrogen-bond acceptors (Lipinski definition) is 5. The molecule has 0 unspecified atom stereocenters. The summed E-state index contributed by atoms with van der Waals surface area (Å²) in [5.41, 5.74) is 1.62. The third kappa shape index (κ3) is 3.26. The first-order chi connectivity index (χ1) is 9.11. The Kier molecular flexibility index (Phi) is 4.42. The van der Waals surface area contributed by atoms with Gasteiger partial charge in [0.2, 0.25) is 0 Å². The molecule has 0 radical (unpaired) electrons. The largest absolute Gasteiger partial charge is 0.293 e. The Morgan fingerprint density at radius 3 is 2.89 bits per heavy atom. The van der Waals surface area contributed by atoms with Crippen molar-refractivity contribution in [2.75, 3.05) is 0 Å². The number of ketones is 1. The first-order valence-electron chi connectivity index (χ1n) is 6.50. The summed E-state index contributed by atoms with van der Waals surface area (Å²) in [6.45, 7) is 6.19. The van der Waals surface area contributed by atoms with Crippen molar-refractivity contribution < 1.29 is 4.79 Å². The van der Waals surface area contributed by atoms with E-state index in [0.717, 1.165) is 24.2 Å². The number of carbonyl (C=O) groups excluding carboxylic acids is 1. The highest BCUT2D eigenvalue weighted by molar-refractivity contribution is 7.08. The first-order valence-corrected chi connectivity index (χ1v) is 7.27. The number of nitrogens with zero attached hydrogens (tertiary/aromatic N) is 4. The number of carbonyl (C=O) groups is 1. The van der Waals surface area contributed by atoms with Gasteiger partial charge in [0.1, 0.15) is 4.88 Å². The van der Waals surface area contributed by atoms with E-state index >= 15 is 0 Å². The van der Waals surface area contributed by atoms with Crippen molar-refractivity contribution >= 4 is 17.3 Å². The Balaban J connectivity index is 2.09. The minimum Gasteiger partial charge on any atom is -0.293 e. The lowest BCUT2D eigenvalue weighted by atomic mass is 10.1. The fraction of sp³-hybridized carbons (Fsp3) is 0.538. The maximum Gasteiger partial charge on any atom is 0.182 e. The van der Waals surface area contributed by atoms with Gasteiger partial charge in [-0.05, 0) is 37.9 Å². The summed E-state index contributed by atoms with van der Waals surface area (Å²) in [5.74, 6) is 0.0625. The van der Waals surface area contributed by atoms with E-state index in [1.165, 1.54) is 11.5 Å². The van der Waals surface area contributed by atoms with Gasteiger partial charge in [-0.1, -0.05) is 17.8 Å². The van der Waals surface area contributed by atoms with Crippen LogP contribution < -0.4 is 0 Å². The molecule has 19 heavy (non-hydrogen) atoms. The summed E-state index contributed by atoms with van der Waals surface area (Å²) in [6.07, 6.45) is 4.00. The highest BCUT2D eigenvalue weighted by atomic mass is 32.1. The van der Waals surface area contributed by atoms with E-state index in [-0.39, 0.29) is 5.78 Å². The Labute approximate surface area is 116 Å². The Hall–Kier alpha value is -1.56. The summed E-state index contributed by atoms with van der Waals surface area (Å²) < 4.78 is 5.74. The summed E-state index contributed by atoms with van der Waals surface area (Å²) >= 11 is 1.18. The van der Waals surface area contributed by atoms with E-state index in [0.29, 0.717) is 17.3 Å². The Morgan fingerprint density at radius 2 is 2.26 bits per heavy atom. The average molecular weight is 278 g/mol. The van der Waals surface area contributed by atoms with Gasteiger partial charge in [-0.25, -0.2) is 0 Å². The zero-order valence-corrected chi connectivity index (χ0v) is 12.3. The molecule has 0 spiro atoms. The van der Waals surface area contributed by atoms with Crippen molar-refractivity contribution in [3.63, 3.8) is 0 Å². The quantitative estimate of drug-likeness (QED) is 0.762. The van der Waals surface area contributed by atoms with Crippen LogP contribution in [0.2, 0.25) is 0 Å².